The van der Waals surface area contributed by atoms with Crippen LogP contribution in [-0.2, 0) is 16.1 Å². The van der Waals surface area contributed by atoms with E-state index in [4.69, 9.17) is 4.74 Å². The Morgan fingerprint density at radius 2 is 1.92 bits per heavy atom. The monoisotopic (exact) mass is 347 g/mol. The second-order valence-electron chi connectivity index (χ2n) is 4.87. The number of benzene rings is 2. The third-order valence-electron chi connectivity index (χ3n) is 3.25. The van der Waals surface area contributed by atoms with Crippen LogP contribution in [0, 0.1) is 15.9 Å². The maximum atomic E-state index is 13.5. The molecule has 130 valence electrons. The lowest BCUT2D eigenvalue weighted by molar-refractivity contribution is -0.384. The number of carbonyl (C=O) groups excluding carboxylic acids is 2. The van der Waals surface area contributed by atoms with Crippen molar-refractivity contribution in [1.82, 2.24) is 5.32 Å². The normalized spacial score (nSPS) is 10.0. The molecule has 0 fully saturated rings. The number of amides is 2. The number of nitro benzene ring substituents is 1. The fourth-order valence-electron chi connectivity index (χ4n) is 1.97. The highest BCUT2D eigenvalue weighted by Gasteiger charge is 2.18. The molecule has 0 bridgehead atoms. The molecule has 2 aromatic carbocycles. The number of carbonyl (C=O) groups is 2. The largest absolute Gasteiger partial charge is 0.494 e. The van der Waals surface area contributed by atoms with E-state index >= 15 is 0 Å². The van der Waals surface area contributed by atoms with Crippen molar-refractivity contribution in [3.63, 3.8) is 0 Å². The van der Waals surface area contributed by atoms with Gasteiger partial charge in [0.05, 0.1) is 23.8 Å². The Hall–Kier alpha value is -3.49. The van der Waals surface area contributed by atoms with Crippen LogP contribution in [0.25, 0.3) is 0 Å². The molecule has 8 nitrogen and oxygen atoms in total. The van der Waals surface area contributed by atoms with Crippen molar-refractivity contribution in [3.05, 3.63) is 64.0 Å². The molecule has 9 heteroatoms. The van der Waals surface area contributed by atoms with Gasteiger partial charge in [-0.25, -0.2) is 4.39 Å². The molecule has 0 spiro atoms. The first-order valence-corrected chi connectivity index (χ1v) is 7.07. The Kier molecular flexibility index (Phi) is 5.62. The average molecular weight is 347 g/mol. The zero-order valence-corrected chi connectivity index (χ0v) is 13.1. The molecule has 2 rings (SSSR count). The maximum absolute atomic E-state index is 13.5. The molecule has 0 heterocycles. The van der Waals surface area contributed by atoms with Crippen molar-refractivity contribution in [2.45, 2.75) is 6.54 Å². The van der Waals surface area contributed by atoms with Gasteiger partial charge in [-0.2, -0.15) is 0 Å². The topological polar surface area (TPSA) is 111 Å². The standard InChI is InChI=1S/C16H14FN3O5/c1-25-14-8-11(20(23)24)6-7-13(14)19-16(22)15(21)18-9-10-4-2-3-5-12(10)17/h2-8H,9H2,1H3,(H,18,21)(H,19,22). The SMILES string of the molecule is COc1cc([N+](=O)[O-])ccc1NC(=O)C(=O)NCc1ccccc1F. The fraction of sp³-hybridized carbons (Fsp3) is 0.125. The molecule has 0 unspecified atom stereocenters. The first-order chi connectivity index (χ1) is 11.9. The fourth-order valence-corrected chi connectivity index (χ4v) is 1.97. The van der Waals surface area contributed by atoms with Gasteiger partial charge in [-0.3, -0.25) is 19.7 Å². The lowest BCUT2D eigenvalue weighted by Crippen LogP contribution is -2.35. The van der Waals surface area contributed by atoms with Gasteiger partial charge in [0, 0.05) is 18.2 Å². The van der Waals surface area contributed by atoms with E-state index in [1.807, 2.05) is 0 Å². The van der Waals surface area contributed by atoms with Crippen LogP contribution in [0.3, 0.4) is 0 Å². The highest BCUT2D eigenvalue weighted by Crippen LogP contribution is 2.28. The number of nitrogens with zero attached hydrogens (tertiary/aromatic N) is 1. The summed E-state index contributed by atoms with van der Waals surface area (Å²) in [7, 11) is 1.27. The minimum absolute atomic E-state index is 0.0319. The van der Waals surface area contributed by atoms with Crippen LogP contribution >= 0.6 is 0 Å². The summed E-state index contributed by atoms with van der Waals surface area (Å²) in [4.78, 5) is 33.8. The molecular formula is C16H14FN3O5. The van der Waals surface area contributed by atoms with Gasteiger partial charge in [0.2, 0.25) is 0 Å². The number of ether oxygens (including phenoxy) is 1. The van der Waals surface area contributed by atoms with Crippen LogP contribution in [0.1, 0.15) is 5.56 Å². The number of halogens is 1. The van der Waals surface area contributed by atoms with Crippen molar-refractivity contribution in [2.75, 3.05) is 12.4 Å². The first-order valence-electron chi connectivity index (χ1n) is 7.07. The van der Waals surface area contributed by atoms with E-state index in [2.05, 4.69) is 10.6 Å². The van der Waals surface area contributed by atoms with Crippen LogP contribution in [0.2, 0.25) is 0 Å². The average Bonchev–Trinajstić information content (AvgIpc) is 2.60. The molecule has 0 aliphatic rings. The highest BCUT2D eigenvalue weighted by molar-refractivity contribution is 6.39. The van der Waals surface area contributed by atoms with E-state index in [0.29, 0.717) is 0 Å². The Bertz CT molecular complexity index is 825. The number of nitro groups is 1. The quantitative estimate of drug-likeness (QED) is 0.488. The molecule has 0 radical (unpaired) electrons. The van der Waals surface area contributed by atoms with E-state index in [1.165, 1.54) is 31.4 Å². The van der Waals surface area contributed by atoms with Gasteiger partial charge in [-0.1, -0.05) is 18.2 Å². The molecule has 0 atom stereocenters. The van der Waals surface area contributed by atoms with Gasteiger partial charge >= 0.3 is 11.8 Å². The summed E-state index contributed by atoms with van der Waals surface area (Å²) < 4.78 is 18.4. The molecule has 0 aliphatic heterocycles. The molecule has 2 amide bonds. The zero-order valence-electron chi connectivity index (χ0n) is 13.1. The van der Waals surface area contributed by atoms with E-state index in [9.17, 15) is 24.1 Å². The maximum Gasteiger partial charge on any atom is 0.313 e. The Morgan fingerprint density at radius 3 is 2.56 bits per heavy atom. The van der Waals surface area contributed by atoms with E-state index in [0.717, 1.165) is 12.1 Å². The number of rotatable bonds is 5. The Labute approximate surface area is 141 Å². The summed E-state index contributed by atoms with van der Waals surface area (Å²) in [5, 5.41) is 15.3. The summed E-state index contributed by atoms with van der Waals surface area (Å²) in [6, 6.07) is 9.36. The van der Waals surface area contributed by atoms with Gasteiger partial charge in [-0.15, -0.1) is 0 Å². The van der Waals surface area contributed by atoms with Crippen molar-refractivity contribution in [2.24, 2.45) is 0 Å². The van der Waals surface area contributed by atoms with Crippen LogP contribution < -0.4 is 15.4 Å². The van der Waals surface area contributed by atoms with Crippen molar-refractivity contribution < 1.29 is 23.6 Å². The molecule has 25 heavy (non-hydrogen) atoms. The molecule has 2 N–H and O–H groups in total. The summed E-state index contributed by atoms with van der Waals surface area (Å²) in [6.07, 6.45) is 0. The molecule has 0 aliphatic carbocycles. The lowest BCUT2D eigenvalue weighted by Gasteiger charge is -2.10. The van der Waals surface area contributed by atoms with Crippen LogP contribution in [0.4, 0.5) is 15.8 Å². The van der Waals surface area contributed by atoms with Crippen LogP contribution in [0.15, 0.2) is 42.5 Å². The number of hydrogen-bond donors (Lipinski definition) is 2. The summed E-state index contributed by atoms with van der Waals surface area (Å²) in [5.41, 5.74) is 0.106. The Morgan fingerprint density at radius 1 is 1.20 bits per heavy atom. The predicted molar refractivity (Wildman–Crippen MR) is 86.5 cm³/mol. The van der Waals surface area contributed by atoms with E-state index < -0.39 is 22.6 Å². The van der Waals surface area contributed by atoms with Gasteiger partial charge in [0.1, 0.15) is 11.6 Å². The molecule has 0 aromatic heterocycles. The van der Waals surface area contributed by atoms with Crippen LogP contribution in [0.5, 0.6) is 5.75 Å². The number of methoxy groups -OCH3 is 1. The number of nitrogens with one attached hydrogen (secondary N) is 2. The molecule has 0 saturated carbocycles. The number of non-ortho nitro benzene ring substituents is 1. The third kappa shape index (κ3) is 4.50. The number of anilines is 1. The number of hydrogen-bond acceptors (Lipinski definition) is 5. The smallest absolute Gasteiger partial charge is 0.313 e. The third-order valence-corrected chi connectivity index (χ3v) is 3.25. The van der Waals surface area contributed by atoms with E-state index in [-0.39, 0.29) is 29.2 Å². The lowest BCUT2D eigenvalue weighted by atomic mass is 10.2. The first kappa shape index (κ1) is 17.9. The van der Waals surface area contributed by atoms with Crippen molar-refractivity contribution in [1.29, 1.82) is 0 Å². The Balaban J connectivity index is 2.02. The van der Waals surface area contributed by atoms with Crippen molar-refractivity contribution >= 4 is 23.2 Å². The van der Waals surface area contributed by atoms with Crippen molar-refractivity contribution in [3.8, 4) is 5.75 Å². The predicted octanol–water partition coefficient (Wildman–Crippen LogP) is 2.00. The second kappa shape index (κ2) is 7.86. The van der Waals surface area contributed by atoms with Gasteiger partial charge < -0.3 is 15.4 Å². The molecule has 0 saturated heterocycles. The van der Waals surface area contributed by atoms with Gasteiger partial charge in [0.25, 0.3) is 5.69 Å². The molecular weight excluding hydrogens is 333 g/mol. The zero-order chi connectivity index (χ0) is 18.4. The summed E-state index contributed by atoms with van der Waals surface area (Å²) in [5.74, 6) is -2.46. The molecule has 2 aromatic rings. The highest BCUT2D eigenvalue weighted by atomic mass is 19.1. The van der Waals surface area contributed by atoms with Gasteiger partial charge in [0.15, 0.2) is 0 Å². The summed E-state index contributed by atoms with van der Waals surface area (Å²) in [6.45, 7) is -0.156. The minimum atomic E-state index is -1.01. The van der Waals surface area contributed by atoms with Crippen LogP contribution in [-0.4, -0.2) is 23.8 Å². The minimum Gasteiger partial charge on any atom is -0.494 e. The second-order valence-corrected chi connectivity index (χ2v) is 4.87. The van der Waals surface area contributed by atoms with E-state index in [1.54, 1.807) is 6.07 Å². The van der Waals surface area contributed by atoms with Gasteiger partial charge in [-0.05, 0) is 12.1 Å². The summed E-state index contributed by atoms with van der Waals surface area (Å²) >= 11 is 0.